The lowest BCUT2D eigenvalue weighted by atomic mass is 9.86. The maximum Gasteiger partial charge on any atom is 0.191 e. The van der Waals surface area contributed by atoms with Crippen molar-refractivity contribution in [3.05, 3.63) is 64.8 Å². The fourth-order valence-corrected chi connectivity index (χ4v) is 4.36. The number of pyridine rings is 1. The van der Waals surface area contributed by atoms with E-state index in [1.54, 1.807) is 11.3 Å². The third-order valence-corrected chi connectivity index (χ3v) is 6.21. The first-order chi connectivity index (χ1) is 13.8. The number of aromatic nitrogens is 3. The monoisotopic (exact) mass is 404 g/mol. The molecule has 0 spiro atoms. The second-order valence-corrected chi connectivity index (χ2v) is 9.41. The van der Waals surface area contributed by atoms with Crippen LogP contribution in [0.5, 0.6) is 0 Å². The third kappa shape index (κ3) is 3.67. The molecule has 0 saturated carbocycles. The minimum absolute atomic E-state index is 0.156. The zero-order valence-electron chi connectivity index (χ0n) is 18.0. The zero-order chi connectivity index (χ0) is 20.8. The van der Waals surface area contributed by atoms with Gasteiger partial charge in [0.15, 0.2) is 5.13 Å². The van der Waals surface area contributed by atoms with Crippen molar-refractivity contribution in [3.8, 4) is 11.3 Å². The number of nitrogens with zero attached hydrogens (tertiary/aromatic N) is 4. The van der Waals surface area contributed by atoms with E-state index >= 15 is 0 Å². The predicted molar refractivity (Wildman–Crippen MR) is 124 cm³/mol. The maximum absolute atomic E-state index is 4.94. The van der Waals surface area contributed by atoms with Crippen LogP contribution in [0.25, 0.3) is 16.9 Å². The number of hydrogen-bond acceptors (Lipinski definition) is 4. The Hall–Kier alpha value is -2.66. The summed E-state index contributed by atoms with van der Waals surface area (Å²) in [6, 6.07) is 13.0. The highest BCUT2D eigenvalue weighted by atomic mass is 32.1. The fourth-order valence-electron chi connectivity index (χ4n) is 3.56. The van der Waals surface area contributed by atoms with Crippen molar-refractivity contribution in [2.45, 2.75) is 46.5 Å². The van der Waals surface area contributed by atoms with Crippen LogP contribution in [0.15, 0.2) is 48.0 Å². The molecule has 4 rings (SSSR count). The van der Waals surface area contributed by atoms with Crippen molar-refractivity contribution in [2.24, 2.45) is 0 Å². The van der Waals surface area contributed by atoms with Crippen LogP contribution < -0.4 is 4.90 Å². The lowest BCUT2D eigenvalue weighted by molar-refractivity contribution is 0.590. The molecule has 29 heavy (non-hydrogen) atoms. The van der Waals surface area contributed by atoms with Crippen molar-refractivity contribution in [1.82, 2.24) is 14.4 Å². The SMILES string of the molecule is CCc1nc2ccc(C)cn2c1N(C)c1nc(-c2ccc(C(C)(C)C)cc2)cs1. The highest BCUT2D eigenvalue weighted by Gasteiger charge is 2.19. The van der Waals surface area contributed by atoms with Crippen molar-refractivity contribution in [1.29, 1.82) is 0 Å². The molecular formula is C24H28N4S. The van der Waals surface area contributed by atoms with Gasteiger partial charge in [0.1, 0.15) is 11.5 Å². The van der Waals surface area contributed by atoms with Crippen molar-refractivity contribution < 1.29 is 0 Å². The lowest BCUT2D eigenvalue weighted by Gasteiger charge is -2.19. The number of anilines is 2. The number of rotatable bonds is 4. The highest BCUT2D eigenvalue weighted by molar-refractivity contribution is 7.14. The molecule has 0 atom stereocenters. The molecule has 3 aromatic heterocycles. The van der Waals surface area contributed by atoms with E-state index in [0.29, 0.717) is 0 Å². The van der Waals surface area contributed by atoms with Gasteiger partial charge in [0.2, 0.25) is 0 Å². The van der Waals surface area contributed by atoms with Gasteiger partial charge in [-0.15, -0.1) is 11.3 Å². The number of thiazole rings is 1. The summed E-state index contributed by atoms with van der Waals surface area (Å²) in [5, 5.41) is 3.11. The van der Waals surface area contributed by atoms with Crippen molar-refractivity contribution in [3.63, 3.8) is 0 Å². The molecule has 0 radical (unpaired) electrons. The first-order valence-corrected chi connectivity index (χ1v) is 10.9. The molecule has 4 aromatic rings. The predicted octanol–water partition coefficient (Wildman–Crippen LogP) is 6.39. The Bertz CT molecular complexity index is 1150. The Labute approximate surface area is 176 Å². The smallest absolute Gasteiger partial charge is 0.191 e. The molecule has 0 saturated heterocycles. The first-order valence-electron chi connectivity index (χ1n) is 10.1. The summed E-state index contributed by atoms with van der Waals surface area (Å²) >= 11 is 1.67. The Morgan fingerprint density at radius 2 is 1.76 bits per heavy atom. The molecule has 3 heterocycles. The summed E-state index contributed by atoms with van der Waals surface area (Å²) in [6.45, 7) is 11.0. The number of imidazole rings is 1. The molecule has 4 nitrogen and oxygen atoms in total. The van der Waals surface area contributed by atoms with Crippen LogP contribution >= 0.6 is 11.3 Å². The van der Waals surface area contributed by atoms with E-state index in [4.69, 9.17) is 9.97 Å². The van der Waals surface area contributed by atoms with Crippen molar-refractivity contribution >= 4 is 27.9 Å². The summed E-state index contributed by atoms with van der Waals surface area (Å²) < 4.78 is 2.17. The van der Waals surface area contributed by atoms with E-state index in [0.717, 1.165) is 40.0 Å². The molecule has 5 heteroatoms. The maximum atomic E-state index is 4.94. The van der Waals surface area contributed by atoms with Crippen LogP contribution in [0, 0.1) is 6.92 Å². The van der Waals surface area contributed by atoms with Crippen molar-refractivity contribution in [2.75, 3.05) is 11.9 Å². The van der Waals surface area contributed by atoms with Gasteiger partial charge in [0.05, 0.1) is 11.4 Å². The van der Waals surface area contributed by atoms with Gasteiger partial charge < -0.3 is 4.90 Å². The average Bonchev–Trinajstić information content (AvgIpc) is 3.31. The van der Waals surface area contributed by atoms with Gasteiger partial charge in [0.25, 0.3) is 0 Å². The van der Waals surface area contributed by atoms with Gasteiger partial charge in [-0.25, -0.2) is 9.97 Å². The summed E-state index contributed by atoms with van der Waals surface area (Å²) in [5.74, 6) is 1.09. The van der Waals surface area contributed by atoms with E-state index in [1.807, 2.05) is 0 Å². The Morgan fingerprint density at radius 3 is 2.41 bits per heavy atom. The topological polar surface area (TPSA) is 33.4 Å². The summed E-state index contributed by atoms with van der Waals surface area (Å²) in [6.07, 6.45) is 3.03. The molecule has 1 aromatic carbocycles. The molecule has 0 aliphatic heterocycles. The molecule has 0 N–H and O–H groups in total. The van der Waals surface area contributed by atoms with Crippen LogP contribution in [0.4, 0.5) is 10.9 Å². The van der Waals surface area contributed by atoms with E-state index in [-0.39, 0.29) is 5.41 Å². The first kappa shape index (κ1) is 19.6. The summed E-state index contributed by atoms with van der Waals surface area (Å²) in [7, 11) is 2.08. The minimum Gasteiger partial charge on any atom is -0.305 e. The van der Waals surface area contributed by atoms with Crippen LogP contribution in [0.3, 0.4) is 0 Å². The molecule has 0 aliphatic carbocycles. The molecular weight excluding hydrogens is 376 g/mol. The quantitative estimate of drug-likeness (QED) is 0.395. The van der Waals surface area contributed by atoms with Crippen LogP contribution in [-0.4, -0.2) is 21.4 Å². The number of hydrogen-bond donors (Lipinski definition) is 0. The highest BCUT2D eigenvalue weighted by Crippen LogP contribution is 2.34. The van der Waals surface area contributed by atoms with Gasteiger partial charge in [-0.05, 0) is 36.0 Å². The largest absolute Gasteiger partial charge is 0.305 e. The molecule has 0 fully saturated rings. The zero-order valence-corrected chi connectivity index (χ0v) is 18.8. The molecule has 0 amide bonds. The van der Waals surface area contributed by atoms with Crippen LogP contribution in [-0.2, 0) is 11.8 Å². The third-order valence-electron chi connectivity index (χ3n) is 5.29. The standard InChI is InChI=1S/C24H28N4S/c1-7-19-22(28-14-16(2)8-13-21(28)25-19)27(6)23-26-20(15-29-23)17-9-11-18(12-10-17)24(3,4)5/h8-15H,7H2,1-6H3. The second-order valence-electron chi connectivity index (χ2n) is 8.57. The van der Waals surface area contributed by atoms with Gasteiger partial charge >= 0.3 is 0 Å². The summed E-state index contributed by atoms with van der Waals surface area (Å²) in [4.78, 5) is 11.9. The van der Waals surface area contributed by atoms with E-state index < -0.39 is 0 Å². The number of aryl methyl sites for hydroxylation is 2. The van der Waals surface area contributed by atoms with E-state index in [1.165, 1.54) is 11.1 Å². The van der Waals surface area contributed by atoms with E-state index in [9.17, 15) is 0 Å². The summed E-state index contributed by atoms with van der Waals surface area (Å²) in [5.41, 5.74) is 6.93. The van der Waals surface area contributed by atoms with Crippen LogP contribution in [0.1, 0.15) is 44.5 Å². The molecule has 0 aliphatic rings. The normalized spacial score (nSPS) is 11.9. The van der Waals surface area contributed by atoms with Gasteiger partial charge in [-0.2, -0.15) is 0 Å². The van der Waals surface area contributed by atoms with Gasteiger partial charge in [-0.3, -0.25) is 4.40 Å². The second kappa shape index (κ2) is 7.30. The molecule has 0 bridgehead atoms. The lowest BCUT2D eigenvalue weighted by Crippen LogP contribution is -2.13. The van der Waals surface area contributed by atoms with E-state index in [2.05, 4.69) is 98.9 Å². The molecule has 0 unspecified atom stereocenters. The Kier molecular flexibility index (Phi) is 4.95. The number of fused-ring (bicyclic) bond motifs is 1. The Morgan fingerprint density at radius 1 is 1.03 bits per heavy atom. The van der Waals surface area contributed by atoms with Gasteiger partial charge in [-0.1, -0.05) is 58.0 Å². The fraction of sp³-hybridized carbons (Fsp3) is 0.333. The van der Waals surface area contributed by atoms with Gasteiger partial charge in [0, 0.05) is 24.2 Å². The Balaban J connectivity index is 1.70. The minimum atomic E-state index is 0.156. The average molecular weight is 405 g/mol. The number of benzene rings is 1. The van der Waals surface area contributed by atoms with Crippen LogP contribution in [0.2, 0.25) is 0 Å². The molecule has 150 valence electrons.